The fourth-order valence-electron chi connectivity index (χ4n) is 3.67. The Morgan fingerprint density at radius 1 is 1.21 bits per heavy atom. The zero-order valence-electron chi connectivity index (χ0n) is 13.6. The second-order valence-corrected chi connectivity index (χ2v) is 6.86. The lowest BCUT2D eigenvalue weighted by Crippen LogP contribution is -2.37. The van der Waals surface area contributed by atoms with Gasteiger partial charge in [0.1, 0.15) is 0 Å². The molecule has 0 spiro atoms. The molecule has 1 amide bonds. The first kappa shape index (κ1) is 15.1. The fourth-order valence-corrected chi connectivity index (χ4v) is 3.67. The summed E-state index contributed by atoms with van der Waals surface area (Å²) in [5.41, 5.74) is 2.48. The number of likely N-dealkylation sites (tertiary alicyclic amines) is 1. The number of carbonyl (C=O) groups excluding carboxylic acids is 1. The number of benzene rings is 1. The summed E-state index contributed by atoms with van der Waals surface area (Å²) in [5, 5.41) is 10.1. The predicted octanol–water partition coefficient (Wildman–Crippen LogP) is 3.05. The third-order valence-corrected chi connectivity index (χ3v) is 5.30. The molecule has 124 valence electrons. The quantitative estimate of drug-likeness (QED) is 0.942. The Kier molecular flexibility index (Phi) is 3.52. The van der Waals surface area contributed by atoms with Crippen LogP contribution in [0.4, 0.5) is 0 Å². The molecular weight excluding hydrogens is 304 g/mol. The highest BCUT2D eigenvalue weighted by molar-refractivity contribution is 6.06. The van der Waals surface area contributed by atoms with Crippen molar-refractivity contribution >= 4 is 22.8 Å². The fraction of sp³-hybridized carbons (Fsp3) is 0.421. The van der Waals surface area contributed by atoms with Crippen LogP contribution in [-0.4, -0.2) is 39.5 Å². The molecule has 1 saturated carbocycles. The van der Waals surface area contributed by atoms with E-state index in [4.69, 9.17) is 4.98 Å². The van der Waals surface area contributed by atoms with Crippen LogP contribution >= 0.6 is 0 Å². The molecule has 1 aromatic carbocycles. The van der Waals surface area contributed by atoms with Gasteiger partial charge in [0.25, 0.3) is 5.91 Å². The van der Waals surface area contributed by atoms with Crippen LogP contribution in [0.2, 0.25) is 0 Å². The van der Waals surface area contributed by atoms with Crippen molar-refractivity contribution in [3.63, 3.8) is 0 Å². The first-order valence-corrected chi connectivity index (χ1v) is 8.49. The molecule has 2 aliphatic rings. The second-order valence-electron chi connectivity index (χ2n) is 6.86. The molecule has 24 heavy (non-hydrogen) atoms. The van der Waals surface area contributed by atoms with Crippen molar-refractivity contribution in [2.75, 3.05) is 6.54 Å². The zero-order valence-corrected chi connectivity index (χ0v) is 13.6. The Bertz CT molecular complexity index is 828. The molecule has 2 atom stereocenters. The molecule has 2 heterocycles. The number of hydrogen-bond acceptors (Lipinski definition) is 3. The molecule has 1 aliphatic carbocycles. The number of carboxylic acids is 1. The highest BCUT2D eigenvalue weighted by atomic mass is 16.4. The summed E-state index contributed by atoms with van der Waals surface area (Å²) in [7, 11) is 0. The molecule has 0 radical (unpaired) electrons. The Labute approximate surface area is 140 Å². The van der Waals surface area contributed by atoms with Gasteiger partial charge in [0, 0.05) is 29.6 Å². The van der Waals surface area contributed by atoms with E-state index >= 15 is 0 Å². The van der Waals surface area contributed by atoms with Gasteiger partial charge in [0.2, 0.25) is 0 Å². The number of nitrogens with zero attached hydrogens (tertiary/aromatic N) is 2. The number of pyridine rings is 1. The van der Waals surface area contributed by atoms with Gasteiger partial charge in [-0.15, -0.1) is 0 Å². The van der Waals surface area contributed by atoms with Gasteiger partial charge in [-0.05, 0) is 38.3 Å². The van der Waals surface area contributed by atoms with Crippen molar-refractivity contribution in [3.8, 4) is 0 Å². The van der Waals surface area contributed by atoms with Gasteiger partial charge in [-0.2, -0.15) is 0 Å². The monoisotopic (exact) mass is 324 g/mol. The summed E-state index contributed by atoms with van der Waals surface area (Å²) < 4.78 is 0. The van der Waals surface area contributed by atoms with E-state index in [0.717, 1.165) is 29.4 Å². The van der Waals surface area contributed by atoms with Crippen molar-refractivity contribution in [2.24, 2.45) is 5.92 Å². The van der Waals surface area contributed by atoms with Crippen LogP contribution in [0.1, 0.15) is 48.2 Å². The number of aliphatic carboxylic acids is 1. The van der Waals surface area contributed by atoms with E-state index in [1.165, 1.54) is 0 Å². The summed E-state index contributed by atoms with van der Waals surface area (Å²) in [6, 6.07) is 9.33. The standard InChI is InChI=1S/C19H20N2O3/c1-11-13(19(23)24)8-9-21(11)18(22)15-10-17(12-6-7-12)20-16-5-3-2-4-14(15)16/h2-5,10-13H,6-9H2,1H3,(H,23,24). The molecule has 1 N–H and O–H groups in total. The van der Waals surface area contributed by atoms with E-state index in [9.17, 15) is 14.7 Å². The summed E-state index contributed by atoms with van der Waals surface area (Å²) in [4.78, 5) is 30.9. The Hall–Kier alpha value is -2.43. The average molecular weight is 324 g/mol. The van der Waals surface area contributed by atoms with Gasteiger partial charge in [0.15, 0.2) is 0 Å². The zero-order chi connectivity index (χ0) is 16.8. The van der Waals surface area contributed by atoms with Gasteiger partial charge in [0.05, 0.1) is 17.0 Å². The second kappa shape index (κ2) is 5.58. The highest BCUT2D eigenvalue weighted by Crippen LogP contribution is 2.40. The smallest absolute Gasteiger partial charge is 0.308 e. The van der Waals surface area contributed by atoms with E-state index in [-0.39, 0.29) is 11.9 Å². The highest BCUT2D eigenvalue weighted by Gasteiger charge is 2.39. The minimum Gasteiger partial charge on any atom is -0.481 e. The molecule has 2 unspecified atom stereocenters. The Morgan fingerprint density at radius 3 is 2.62 bits per heavy atom. The van der Waals surface area contributed by atoms with E-state index < -0.39 is 11.9 Å². The maximum absolute atomic E-state index is 13.1. The lowest BCUT2D eigenvalue weighted by molar-refractivity contribution is -0.142. The Morgan fingerprint density at radius 2 is 1.96 bits per heavy atom. The van der Waals surface area contributed by atoms with Crippen molar-refractivity contribution < 1.29 is 14.7 Å². The van der Waals surface area contributed by atoms with Crippen molar-refractivity contribution in [3.05, 3.63) is 41.6 Å². The van der Waals surface area contributed by atoms with Crippen LogP contribution in [0, 0.1) is 5.92 Å². The maximum Gasteiger partial charge on any atom is 0.308 e. The average Bonchev–Trinajstić information content (AvgIpc) is 3.35. The van der Waals surface area contributed by atoms with Crippen LogP contribution in [0.3, 0.4) is 0 Å². The number of rotatable bonds is 3. The molecule has 2 fully saturated rings. The van der Waals surface area contributed by atoms with Gasteiger partial charge in [-0.25, -0.2) is 0 Å². The number of para-hydroxylation sites is 1. The number of aromatic nitrogens is 1. The first-order chi connectivity index (χ1) is 11.6. The van der Waals surface area contributed by atoms with Gasteiger partial charge < -0.3 is 10.0 Å². The number of amides is 1. The number of carboxylic acid groups (broad SMARTS) is 1. The van der Waals surface area contributed by atoms with Gasteiger partial charge in [-0.1, -0.05) is 18.2 Å². The van der Waals surface area contributed by atoms with E-state index in [1.807, 2.05) is 37.3 Å². The summed E-state index contributed by atoms with van der Waals surface area (Å²) in [6.07, 6.45) is 2.76. The number of hydrogen-bond donors (Lipinski definition) is 1. The molecule has 5 heteroatoms. The summed E-state index contributed by atoms with van der Waals surface area (Å²) in [6.45, 7) is 2.32. The normalized spacial score (nSPS) is 23.6. The van der Waals surface area contributed by atoms with Crippen LogP contribution < -0.4 is 0 Å². The van der Waals surface area contributed by atoms with Crippen molar-refractivity contribution in [1.29, 1.82) is 0 Å². The topological polar surface area (TPSA) is 70.5 Å². The number of carbonyl (C=O) groups is 2. The summed E-state index contributed by atoms with van der Waals surface area (Å²) in [5.74, 6) is -0.920. The third kappa shape index (κ3) is 2.44. The predicted molar refractivity (Wildman–Crippen MR) is 90.0 cm³/mol. The van der Waals surface area contributed by atoms with Gasteiger partial charge in [-0.3, -0.25) is 14.6 Å². The molecule has 1 aromatic heterocycles. The maximum atomic E-state index is 13.1. The van der Waals surface area contributed by atoms with Crippen LogP contribution in [0.5, 0.6) is 0 Å². The number of fused-ring (bicyclic) bond motifs is 1. The first-order valence-electron chi connectivity index (χ1n) is 8.49. The molecule has 0 bridgehead atoms. The largest absolute Gasteiger partial charge is 0.481 e. The van der Waals surface area contributed by atoms with Crippen molar-refractivity contribution in [2.45, 2.75) is 38.1 Å². The van der Waals surface area contributed by atoms with Crippen LogP contribution in [0.15, 0.2) is 30.3 Å². The van der Waals surface area contributed by atoms with Crippen LogP contribution in [0.25, 0.3) is 10.9 Å². The summed E-state index contributed by atoms with van der Waals surface area (Å²) >= 11 is 0. The molecule has 4 rings (SSSR count). The third-order valence-electron chi connectivity index (χ3n) is 5.30. The van der Waals surface area contributed by atoms with E-state index in [1.54, 1.807) is 4.90 Å². The molecule has 1 aliphatic heterocycles. The lowest BCUT2D eigenvalue weighted by Gasteiger charge is -2.24. The molecule has 5 nitrogen and oxygen atoms in total. The van der Waals surface area contributed by atoms with Crippen LogP contribution in [-0.2, 0) is 4.79 Å². The van der Waals surface area contributed by atoms with Gasteiger partial charge >= 0.3 is 5.97 Å². The van der Waals surface area contributed by atoms with E-state index in [0.29, 0.717) is 24.4 Å². The molecule has 2 aromatic rings. The molecular formula is C19H20N2O3. The van der Waals surface area contributed by atoms with Crippen molar-refractivity contribution in [1.82, 2.24) is 9.88 Å². The SMILES string of the molecule is CC1C(C(=O)O)CCN1C(=O)c1cc(C2CC2)nc2ccccc12. The Balaban J connectivity index is 1.75. The lowest BCUT2D eigenvalue weighted by atomic mass is 10.0. The minimum absolute atomic E-state index is 0.0771. The minimum atomic E-state index is -0.823. The molecule has 1 saturated heterocycles. The van der Waals surface area contributed by atoms with E-state index in [2.05, 4.69) is 0 Å².